The van der Waals surface area contributed by atoms with Crippen LogP contribution in [-0.4, -0.2) is 32.3 Å². The van der Waals surface area contributed by atoms with Crippen LogP contribution in [0.15, 0.2) is 53.7 Å². The van der Waals surface area contributed by atoms with Crippen LogP contribution in [-0.2, 0) is 11.3 Å². The van der Waals surface area contributed by atoms with E-state index in [1.165, 1.54) is 11.8 Å². The molecule has 2 amide bonds. The fourth-order valence-corrected chi connectivity index (χ4v) is 4.10. The number of halogens is 1. The van der Waals surface area contributed by atoms with Gasteiger partial charge in [-0.05, 0) is 79.8 Å². The second-order valence-electron chi connectivity index (χ2n) is 6.99. The van der Waals surface area contributed by atoms with Gasteiger partial charge >= 0.3 is 0 Å². The Morgan fingerprint density at radius 3 is 2.42 bits per heavy atom. The molecule has 2 N–H and O–H groups in total. The van der Waals surface area contributed by atoms with Crippen molar-refractivity contribution in [3.05, 3.63) is 69.1 Å². The Bertz CT molecular complexity index is 1050. The monoisotopic (exact) mass is 549 g/mol. The molecule has 0 spiro atoms. The smallest absolute Gasteiger partial charge is 0.251 e. The van der Waals surface area contributed by atoms with Crippen molar-refractivity contribution >= 4 is 51.9 Å². The third kappa shape index (κ3) is 6.30. The van der Waals surface area contributed by atoms with E-state index >= 15 is 0 Å². The first-order valence-corrected chi connectivity index (χ1v) is 11.9. The average Bonchev–Trinajstić information content (AvgIpc) is 3.17. The number of aromatic nitrogens is 3. The Morgan fingerprint density at radius 1 is 1.10 bits per heavy atom. The summed E-state index contributed by atoms with van der Waals surface area (Å²) in [4.78, 5) is 24.8. The van der Waals surface area contributed by atoms with Gasteiger partial charge in [0.05, 0.1) is 11.8 Å². The van der Waals surface area contributed by atoms with Gasteiger partial charge in [0.1, 0.15) is 0 Å². The van der Waals surface area contributed by atoms with E-state index in [1.807, 2.05) is 61.7 Å². The Labute approximate surface area is 199 Å². The summed E-state index contributed by atoms with van der Waals surface area (Å²) in [6, 6.07) is 14.7. The lowest BCUT2D eigenvalue weighted by Gasteiger charge is -2.15. The minimum Gasteiger partial charge on any atom is -0.342 e. The number of benzene rings is 2. The highest BCUT2D eigenvalue weighted by atomic mass is 127. The van der Waals surface area contributed by atoms with Crippen LogP contribution in [0.3, 0.4) is 0 Å². The summed E-state index contributed by atoms with van der Waals surface area (Å²) in [6.07, 6.45) is 0. The predicted octanol–water partition coefficient (Wildman–Crippen LogP) is 4.43. The van der Waals surface area contributed by atoms with Crippen molar-refractivity contribution in [3.63, 3.8) is 0 Å². The molecule has 0 saturated carbocycles. The summed E-state index contributed by atoms with van der Waals surface area (Å²) in [5, 5.41) is 15.0. The standard InChI is InChI=1S/C22H24IN5O2S/c1-4-28-20(15(3)24-21(30)16-7-5-14(2)6-8-16)26-27-22(28)31-13-19(29)25-18-11-9-17(23)10-12-18/h5-12,15H,4,13H2,1-3H3,(H,24,30)(H,25,29)/t15-/m1/s1. The van der Waals surface area contributed by atoms with Crippen LogP contribution in [0.4, 0.5) is 5.69 Å². The number of carbonyl (C=O) groups excluding carboxylic acids is 2. The summed E-state index contributed by atoms with van der Waals surface area (Å²) >= 11 is 3.54. The normalized spacial score (nSPS) is 11.7. The lowest BCUT2D eigenvalue weighted by atomic mass is 10.1. The van der Waals surface area contributed by atoms with Crippen molar-refractivity contribution < 1.29 is 9.59 Å². The molecule has 31 heavy (non-hydrogen) atoms. The molecule has 0 radical (unpaired) electrons. The van der Waals surface area contributed by atoms with Gasteiger partial charge in [0.25, 0.3) is 5.91 Å². The molecule has 0 aliphatic rings. The summed E-state index contributed by atoms with van der Waals surface area (Å²) < 4.78 is 3.03. The minimum absolute atomic E-state index is 0.112. The topological polar surface area (TPSA) is 88.9 Å². The van der Waals surface area contributed by atoms with E-state index in [4.69, 9.17) is 0 Å². The highest BCUT2D eigenvalue weighted by molar-refractivity contribution is 14.1. The van der Waals surface area contributed by atoms with Crippen molar-refractivity contribution in [1.29, 1.82) is 0 Å². The van der Waals surface area contributed by atoms with Crippen molar-refractivity contribution in [1.82, 2.24) is 20.1 Å². The predicted molar refractivity (Wildman–Crippen MR) is 131 cm³/mol. The Morgan fingerprint density at radius 2 is 1.77 bits per heavy atom. The van der Waals surface area contributed by atoms with E-state index in [9.17, 15) is 9.59 Å². The molecular formula is C22H24IN5O2S. The van der Waals surface area contributed by atoms with Gasteiger partial charge in [-0.1, -0.05) is 29.5 Å². The van der Waals surface area contributed by atoms with Gasteiger partial charge < -0.3 is 15.2 Å². The molecule has 3 rings (SSSR count). The number of carbonyl (C=O) groups is 2. The molecule has 0 aliphatic heterocycles. The molecule has 2 aromatic carbocycles. The number of hydrogen-bond acceptors (Lipinski definition) is 5. The van der Waals surface area contributed by atoms with Gasteiger partial charge in [-0.3, -0.25) is 9.59 Å². The van der Waals surface area contributed by atoms with Crippen LogP contribution in [0.2, 0.25) is 0 Å². The fraction of sp³-hybridized carbons (Fsp3) is 0.273. The fourth-order valence-electron chi connectivity index (χ4n) is 2.93. The van der Waals surface area contributed by atoms with E-state index in [-0.39, 0.29) is 23.6 Å². The molecule has 7 nitrogen and oxygen atoms in total. The van der Waals surface area contributed by atoms with Crippen LogP contribution in [0.5, 0.6) is 0 Å². The largest absolute Gasteiger partial charge is 0.342 e. The molecule has 162 valence electrons. The molecule has 1 aromatic heterocycles. The number of thioether (sulfide) groups is 1. The number of rotatable bonds is 8. The third-order valence-corrected chi connectivity index (χ3v) is 6.26. The molecule has 0 bridgehead atoms. The summed E-state index contributed by atoms with van der Waals surface area (Å²) in [6.45, 7) is 6.47. The molecule has 1 atom stereocenters. The summed E-state index contributed by atoms with van der Waals surface area (Å²) in [5.74, 6) is 0.598. The van der Waals surface area contributed by atoms with E-state index in [2.05, 4.69) is 43.4 Å². The Balaban J connectivity index is 1.61. The van der Waals surface area contributed by atoms with Crippen LogP contribution < -0.4 is 10.6 Å². The van der Waals surface area contributed by atoms with E-state index in [1.54, 1.807) is 12.1 Å². The van der Waals surface area contributed by atoms with Gasteiger partial charge in [0.15, 0.2) is 11.0 Å². The number of nitrogens with one attached hydrogen (secondary N) is 2. The zero-order valence-electron chi connectivity index (χ0n) is 17.6. The van der Waals surface area contributed by atoms with Crippen molar-refractivity contribution in [2.45, 2.75) is 38.5 Å². The number of aryl methyl sites for hydroxylation is 1. The second kappa shape index (κ2) is 10.8. The highest BCUT2D eigenvalue weighted by Crippen LogP contribution is 2.21. The van der Waals surface area contributed by atoms with Crippen LogP contribution >= 0.6 is 34.4 Å². The molecule has 1 heterocycles. The van der Waals surface area contributed by atoms with Crippen LogP contribution in [0, 0.1) is 10.5 Å². The Hall–Kier alpha value is -2.40. The number of anilines is 1. The zero-order chi connectivity index (χ0) is 22.4. The average molecular weight is 549 g/mol. The van der Waals surface area contributed by atoms with Gasteiger partial charge in [0.2, 0.25) is 5.91 Å². The summed E-state index contributed by atoms with van der Waals surface area (Å²) in [7, 11) is 0. The lowest BCUT2D eigenvalue weighted by Crippen LogP contribution is -2.28. The maximum absolute atomic E-state index is 12.5. The molecule has 3 aromatic rings. The van der Waals surface area contributed by atoms with Crippen LogP contribution in [0.25, 0.3) is 0 Å². The highest BCUT2D eigenvalue weighted by Gasteiger charge is 2.20. The molecule has 9 heteroatoms. The minimum atomic E-state index is -0.323. The van der Waals surface area contributed by atoms with Crippen molar-refractivity contribution in [2.75, 3.05) is 11.1 Å². The third-order valence-electron chi connectivity index (χ3n) is 4.57. The molecule has 0 saturated heterocycles. The van der Waals surface area contributed by atoms with E-state index in [0.29, 0.717) is 23.1 Å². The lowest BCUT2D eigenvalue weighted by molar-refractivity contribution is -0.113. The van der Waals surface area contributed by atoms with Crippen molar-refractivity contribution in [2.24, 2.45) is 0 Å². The maximum Gasteiger partial charge on any atom is 0.251 e. The first-order chi connectivity index (χ1) is 14.9. The summed E-state index contributed by atoms with van der Waals surface area (Å²) in [5.41, 5.74) is 2.46. The van der Waals surface area contributed by atoms with Gasteiger partial charge in [0, 0.05) is 21.4 Å². The molecular weight excluding hydrogens is 525 g/mol. The number of hydrogen-bond donors (Lipinski definition) is 2. The zero-order valence-corrected chi connectivity index (χ0v) is 20.5. The molecule has 0 fully saturated rings. The number of amides is 2. The Kier molecular flexibility index (Phi) is 8.08. The van der Waals surface area contributed by atoms with Crippen molar-refractivity contribution in [3.8, 4) is 0 Å². The van der Waals surface area contributed by atoms with Gasteiger partial charge in [-0.2, -0.15) is 0 Å². The van der Waals surface area contributed by atoms with Crippen LogP contribution in [0.1, 0.15) is 41.6 Å². The first kappa shape index (κ1) is 23.3. The molecule has 0 unspecified atom stereocenters. The molecule has 0 aliphatic carbocycles. The maximum atomic E-state index is 12.5. The van der Waals surface area contributed by atoms with Gasteiger partial charge in [-0.15, -0.1) is 10.2 Å². The van der Waals surface area contributed by atoms with E-state index in [0.717, 1.165) is 14.8 Å². The second-order valence-corrected chi connectivity index (χ2v) is 9.18. The van der Waals surface area contributed by atoms with E-state index < -0.39 is 0 Å². The quantitative estimate of drug-likeness (QED) is 0.321. The SMILES string of the molecule is CCn1c(SCC(=O)Nc2ccc(I)cc2)nnc1[C@@H](C)NC(=O)c1ccc(C)cc1. The first-order valence-electron chi connectivity index (χ1n) is 9.86. The number of nitrogens with zero attached hydrogens (tertiary/aromatic N) is 3. The van der Waals surface area contributed by atoms with Gasteiger partial charge in [-0.25, -0.2) is 0 Å².